The number of nitrogens with one attached hydrogen (secondary N) is 1. The SMILES string of the molecule is CC(C)(C)n1cc(CNC2CC2)cn1. The van der Waals surface area contributed by atoms with Crippen molar-refractivity contribution in [3.05, 3.63) is 18.0 Å². The fourth-order valence-electron chi connectivity index (χ4n) is 1.37. The second kappa shape index (κ2) is 3.39. The van der Waals surface area contributed by atoms with Gasteiger partial charge in [0.1, 0.15) is 0 Å². The Bertz CT molecular complexity index is 305. The van der Waals surface area contributed by atoms with Crippen LogP contribution in [0.25, 0.3) is 0 Å². The third-order valence-electron chi connectivity index (χ3n) is 2.50. The Labute approximate surface area is 85.5 Å². The zero-order chi connectivity index (χ0) is 10.2. The highest BCUT2D eigenvalue weighted by Gasteiger charge is 2.20. The van der Waals surface area contributed by atoms with E-state index >= 15 is 0 Å². The summed E-state index contributed by atoms with van der Waals surface area (Å²) < 4.78 is 2.02. The Morgan fingerprint density at radius 3 is 2.71 bits per heavy atom. The van der Waals surface area contributed by atoms with E-state index in [4.69, 9.17) is 0 Å². The summed E-state index contributed by atoms with van der Waals surface area (Å²) in [5, 5.41) is 7.85. The van der Waals surface area contributed by atoms with Crippen molar-refractivity contribution in [2.75, 3.05) is 0 Å². The molecule has 0 atom stereocenters. The molecule has 1 heterocycles. The van der Waals surface area contributed by atoms with Crippen LogP contribution < -0.4 is 5.32 Å². The van der Waals surface area contributed by atoms with E-state index in [1.165, 1.54) is 18.4 Å². The van der Waals surface area contributed by atoms with Crippen LogP contribution in [0.1, 0.15) is 39.2 Å². The van der Waals surface area contributed by atoms with Crippen LogP contribution in [0.4, 0.5) is 0 Å². The first-order valence-electron chi connectivity index (χ1n) is 5.33. The van der Waals surface area contributed by atoms with Gasteiger partial charge in [0.05, 0.1) is 11.7 Å². The molecule has 0 amide bonds. The molecular weight excluding hydrogens is 174 g/mol. The van der Waals surface area contributed by atoms with Crippen molar-refractivity contribution in [3.8, 4) is 0 Å². The minimum Gasteiger partial charge on any atom is -0.310 e. The summed E-state index contributed by atoms with van der Waals surface area (Å²) in [6, 6.07) is 0.771. The standard InChI is InChI=1S/C11H19N3/c1-11(2,3)14-8-9(7-13-14)6-12-10-4-5-10/h7-8,10,12H,4-6H2,1-3H3. The maximum atomic E-state index is 4.36. The largest absolute Gasteiger partial charge is 0.310 e. The van der Waals surface area contributed by atoms with E-state index in [1.54, 1.807) is 0 Å². The first-order chi connectivity index (χ1) is 6.55. The van der Waals surface area contributed by atoms with Gasteiger partial charge in [-0.1, -0.05) is 0 Å². The van der Waals surface area contributed by atoms with E-state index < -0.39 is 0 Å². The minimum atomic E-state index is 0.0951. The van der Waals surface area contributed by atoms with Gasteiger partial charge in [0.25, 0.3) is 0 Å². The lowest BCUT2D eigenvalue weighted by Gasteiger charge is -2.18. The van der Waals surface area contributed by atoms with Crippen molar-refractivity contribution in [1.82, 2.24) is 15.1 Å². The minimum absolute atomic E-state index is 0.0951. The molecule has 0 saturated heterocycles. The van der Waals surface area contributed by atoms with Crippen LogP contribution in [0.2, 0.25) is 0 Å². The molecule has 1 aromatic rings. The van der Waals surface area contributed by atoms with E-state index in [1.807, 2.05) is 10.9 Å². The average Bonchev–Trinajstić information content (AvgIpc) is 2.77. The highest BCUT2D eigenvalue weighted by atomic mass is 15.3. The highest BCUT2D eigenvalue weighted by molar-refractivity contribution is 5.05. The Morgan fingerprint density at radius 2 is 2.21 bits per heavy atom. The molecule has 0 aromatic carbocycles. The van der Waals surface area contributed by atoms with Gasteiger partial charge < -0.3 is 5.32 Å². The normalized spacial score (nSPS) is 17.4. The van der Waals surface area contributed by atoms with Gasteiger partial charge in [0, 0.05) is 24.3 Å². The van der Waals surface area contributed by atoms with Crippen LogP contribution in [-0.4, -0.2) is 15.8 Å². The fraction of sp³-hybridized carbons (Fsp3) is 0.727. The summed E-state index contributed by atoms with van der Waals surface area (Å²) >= 11 is 0. The predicted octanol–water partition coefficient (Wildman–Crippen LogP) is 1.89. The second-order valence-electron chi connectivity index (χ2n) is 5.12. The average molecular weight is 193 g/mol. The molecule has 3 nitrogen and oxygen atoms in total. The van der Waals surface area contributed by atoms with Gasteiger partial charge >= 0.3 is 0 Å². The van der Waals surface area contributed by atoms with E-state index in [9.17, 15) is 0 Å². The molecule has 1 saturated carbocycles. The quantitative estimate of drug-likeness (QED) is 0.794. The molecule has 78 valence electrons. The van der Waals surface area contributed by atoms with Crippen molar-refractivity contribution in [2.24, 2.45) is 0 Å². The molecule has 1 N–H and O–H groups in total. The third-order valence-corrected chi connectivity index (χ3v) is 2.50. The molecule has 0 spiro atoms. The first kappa shape index (κ1) is 9.71. The summed E-state index contributed by atoms with van der Waals surface area (Å²) in [7, 11) is 0. The maximum absolute atomic E-state index is 4.36. The Hall–Kier alpha value is -0.830. The summed E-state index contributed by atoms with van der Waals surface area (Å²) in [6.07, 6.45) is 6.77. The van der Waals surface area contributed by atoms with Gasteiger partial charge in [-0.25, -0.2) is 0 Å². The lowest BCUT2D eigenvalue weighted by molar-refractivity contribution is 0.355. The molecule has 1 fully saturated rings. The molecule has 1 aromatic heterocycles. The van der Waals surface area contributed by atoms with Gasteiger partial charge in [0.15, 0.2) is 0 Å². The van der Waals surface area contributed by atoms with Crippen molar-refractivity contribution >= 4 is 0 Å². The van der Waals surface area contributed by atoms with Crippen LogP contribution in [-0.2, 0) is 12.1 Å². The second-order valence-corrected chi connectivity index (χ2v) is 5.12. The molecule has 0 bridgehead atoms. The first-order valence-corrected chi connectivity index (χ1v) is 5.33. The van der Waals surface area contributed by atoms with Crippen molar-refractivity contribution < 1.29 is 0 Å². The number of hydrogen-bond donors (Lipinski definition) is 1. The van der Waals surface area contributed by atoms with Gasteiger partial charge in [-0.3, -0.25) is 4.68 Å². The Balaban J connectivity index is 1.94. The number of rotatable bonds is 3. The molecule has 1 aliphatic carbocycles. The number of aromatic nitrogens is 2. The molecule has 0 aliphatic heterocycles. The zero-order valence-electron chi connectivity index (χ0n) is 9.25. The van der Waals surface area contributed by atoms with E-state index in [0.29, 0.717) is 0 Å². The van der Waals surface area contributed by atoms with Crippen LogP contribution in [0.15, 0.2) is 12.4 Å². The Morgan fingerprint density at radius 1 is 1.50 bits per heavy atom. The zero-order valence-corrected chi connectivity index (χ0v) is 9.25. The molecule has 0 radical (unpaired) electrons. The monoisotopic (exact) mass is 193 g/mol. The van der Waals surface area contributed by atoms with E-state index in [-0.39, 0.29) is 5.54 Å². The number of nitrogens with zero attached hydrogens (tertiary/aromatic N) is 2. The topological polar surface area (TPSA) is 29.9 Å². The predicted molar refractivity (Wildman–Crippen MR) is 57.1 cm³/mol. The van der Waals surface area contributed by atoms with Crippen molar-refractivity contribution in [3.63, 3.8) is 0 Å². The molecule has 3 heteroatoms. The maximum Gasteiger partial charge on any atom is 0.0543 e. The van der Waals surface area contributed by atoms with E-state index in [0.717, 1.165) is 12.6 Å². The highest BCUT2D eigenvalue weighted by Crippen LogP contribution is 2.19. The van der Waals surface area contributed by atoms with Crippen LogP contribution >= 0.6 is 0 Å². The van der Waals surface area contributed by atoms with Gasteiger partial charge in [-0.2, -0.15) is 5.10 Å². The fourth-order valence-corrected chi connectivity index (χ4v) is 1.37. The molecule has 2 rings (SSSR count). The molecule has 1 aliphatic rings. The van der Waals surface area contributed by atoms with Crippen molar-refractivity contribution in [1.29, 1.82) is 0 Å². The van der Waals surface area contributed by atoms with Crippen LogP contribution in [0.5, 0.6) is 0 Å². The summed E-state index contributed by atoms with van der Waals surface area (Å²) in [5.74, 6) is 0. The van der Waals surface area contributed by atoms with Crippen molar-refractivity contribution in [2.45, 2.75) is 51.7 Å². The smallest absolute Gasteiger partial charge is 0.0543 e. The van der Waals surface area contributed by atoms with Crippen LogP contribution in [0.3, 0.4) is 0 Å². The number of hydrogen-bond acceptors (Lipinski definition) is 2. The van der Waals surface area contributed by atoms with E-state index in [2.05, 4.69) is 37.4 Å². The summed E-state index contributed by atoms with van der Waals surface area (Å²) in [4.78, 5) is 0. The lowest BCUT2D eigenvalue weighted by Crippen LogP contribution is -2.22. The summed E-state index contributed by atoms with van der Waals surface area (Å²) in [6.45, 7) is 7.45. The van der Waals surface area contributed by atoms with Gasteiger partial charge in [0.2, 0.25) is 0 Å². The third kappa shape index (κ3) is 2.35. The molecule has 0 unspecified atom stereocenters. The van der Waals surface area contributed by atoms with Gasteiger partial charge in [-0.05, 0) is 33.6 Å². The lowest BCUT2D eigenvalue weighted by atomic mass is 10.1. The van der Waals surface area contributed by atoms with Gasteiger partial charge in [-0.15, -0.1) is 0 Å². The molecular formula is C11H19N3. The molecule has 14 heavy (non-hydrogen) atoms. The summed E-state index contributed by atoms with van der Waals surface area (Å²) in [5.41, 5.74) is 1.38. The van der Waals surface area contributed by atoms with Crippen LogP contribution in [0, 0.1) is 0 Å². The Kier molecular flexibility index (Phi) is 2.35.